The number of hydrogen-bond donors (Lipinski definition) is 2. The minimum absolute atomic E-state index is 0. The van der Waals surface area contributed by atoms with E-state index in [4.69, 9.17) is 0 Å². The van der Waals surface area contributed by atoms with Crippen LogP contribution in [0.25, 0.3) is 0 Å². The van der Waals surface area contributed by atoms with E-state index in [1.165, 1.54) is 12.1 Å². The van der Waals surface area contributed by atoms with Gasteiger partial charge in [0, 0.05) is 15.8 Å². The molecule has 0 bridgehead atoms. The van der Waals surface area contributed by atoms with Gasteiger partial charge in [0.1, 0.15) is 0 Å². The molecule has 192 valence electrons. The third kappa shape index (κ3) is 12.2. The van der Waals surface area contributed by atoms with Crippen LogP contribution in [0.15, 0.2) is 35.2 Å². The van der Waals surface area contributed by atoms with Gasteiger partial charge in [-0.1, -0.05) is 63.4 Å². The number of sulfonamides is 1. The third-order valence-electron chi connectivity index (χ3n) is 5.00. The van der Waals surface area contributed by atoms with Crippen LogP contribution in [-0.2, 0) is 44.2 Å². The molecule has 9 heteroatoms. The topological polar surface area (TPSA) is 66.4 Å². The molecule has 0 aliphatic heterocycles. The van der Waals surface area contributed by atoms with Gasteiger partial charge in [-0.15, -0.1) is 0 Å². The SMILES string of the molecule is O=S(=O)(N[C@H]([C]1[CH][CH][CH][C]1I)[C@@H](O)[C]1[CH][CH][CH][C]1I)c1ccccc1.[CH]1[CH][CH][CH][CH]1.[CH]1[CH][CH][CH][CH]1.[Fe+2].[Fe+2]. The van der Waals surface area contributed by atoms with Crippen LogP contribution in [0.3, 0.4) is 0 Å². The summed E-state index contributed by atoms with van der Waals surface area (Å²) in [6.45, 7) is 0. The van der Waals surface area contributed by atoms with Crippen molar-refractivity contribution in [1.82, 2.24) is 4.72 Å². The second-order valence-corrected chi connectivity index (χ2v) is 11.5. The van der Waals surface area contributed by atoms with Crippen molar-refractivity contribution in [2.45, 2.75) is 17.0 Å². The zero-order valence-corrected chi connectivity index (χ0v) is 26.8. The Labute approximate surface area is 274 Å². The van der Waals surface area contributed by atoms with Crippen molar-refractivity contribution in [3.05, 3.63) is 153 Å². The molecule has 4 fully saturated rings. The Balaban J connectivity index is 0.000000474. The molecule has 4 aliphatic rings. The predicted molar refractivity (Wildman–Crippen MR) is 156 cm³/mol. The number of aliphatic hydroxyl groups excluding tert-OH is 1. The summed E-state index contributed by atoms with van der Waals surface area (Å²) in [4.78, 5) is 0.172. The Hall–Kier alpha value is 1.59. The van der Waals surface area contributed by atoms with E-state index in [-0.39, 0.29) is 39.0 Å². The van der Waals surface area contributed by atoms with Gasteiger partial charge in [-0.2, -0.15) is 0 Å². The first-order valence-electron chi connectivity index (χ1n) is 10.8. The average molecular weight is 821 g/mol. The summed E-state index contributed by atoms with van der Waals surface area (Å²) in [5.41, 5.74) is 0. The molecule has 0 unspecified atom stereocenters. The number of hydrogen-bond acceptors (Lipinski definition) is 3. The molecule has 1 aromatic rings. The van der Waals surface area contributed by atoms with Crippen LogP contribution in [0.5, 0.6) is 0 Å². The smallest absolute Gasteiger partial charge is 0.391 e. The Bertz CT molecular complexity index is 801. The van der Waals surface area contributed by atoms with Gasteiger partial charge in [0.2, 0.25) is 10.0 Å². The Morgan fingerprint density at radius 3 is 1.41 bits per heavy atom. The maximum absolute atomic E-state index is 12.8. The predicted octanol–water partition coefficient (Wildman–Crippen LogP) is 5.07. The average Bonchev–Trinajstić information content (AvgIpc) is 3.68. The zero-order chi connectivity index (χ0) is 25.1. The van der Waals surface area contributed by atoms with Crippen LogP contribution < -0.4 is 4.72 Å². The van der Waals surface area contributed by atoms with E-state index in [1.54, 1.807) is 18.2 Å². The van der Waals surface area contributed by atoms with Crippen molar-refractivity contribution in [2.24, 2.45) is 0 Å². The van der Waals surface area contributed by atoms with E-state index in [0.717, 1.165) is 13.8 Å². The van der Waals surface area contributed by atoms with Crippen molar-refractivity contribution >= 4 is 55.2 Å². The number of nitrogens with one attached hydrogen (secondary N) is 1. The van der Waals surface area contributed by atoms with Crippen molar-refractivity contribution < 1.29 is 47.7 Å². The van der Waals surface area contributed by atoms with Gasteiger partial charge in [0.15, 0.2) is 0 Å². The first-order chi connectivity index (χ1) is 16.9. The Kier molecular flexibility index (Phi) is 19.5. The molecule has 0 heterocycles. The molecule has 0 spiro atoms. The first kappa shape index (κ1) is 36.6. The summed E-state index contributed by atoms with van der Waals surface area (Å²) in [6, 6.07) is 7.40. The van der Waals surface area contributed by atoms with Crippen LogP contribution in [0.2, 0.25) is 0 Å². The normalized spacial score (nSPS) is 22.7. The molecule has 37 heavy (non-hydrogen) atoms. The van der Waals surface area contributed by atoms with Gasteiger partial charge in [-0.3, -0.25) is 0 Å². The zero-order valence-electron chi connectivity index (χ0n) is 19.4. The molecule has 4 nitrogen and oxygen atoms in total. The monoisotopic (exact) mass is 821 g/mol. The fourth-order valence-corrected chi connectivity index (χ4v) is 5.94. The van der Waals surface area contributed by atoms with E-state index in [0.29, 0.717) is 5.92 Å². The fraction of sp³-hybridized carbons (Fsp3) is 0.0714. The molecule has 4 saturated carbocycles. The minimum atomic E-state index is -3.77. The van der Waals surface area contributed by atoms with Gasteiger partial charge in [0.05, 0.1) is 21.0 Å². The quantitative estimate of drug-likeness (QED) is 0.312. The van der Waals surface area contributed by atoms with Crippen LogP contribution >= 0.6 is 45.2 Å². The van der Waals surface area contributed by atoms with E-state index in [1.807, 2.05) is 103 Å². The molecule has 1 aromatic carbocycles. The van der Waals surface area contributed by atoms with Gasteiger partial charge < -0.3 is 5.11 Å². The Morgan fingerprint density at radius 2 is 1.03 bits per heavy atom. The molecular weight excluding hydrogens is 796 g/mol. The van der Waals surface area contributed by atoms with E-state index in [2.05, 4.69) is 49.9 Å². The fourth-order valence-electron chi connectivity index (χ4n) is 3.27. The van der Waals surface area contributed by atoms with Crippen LogP contribution in [0, 0.1) is 122 Å². The molecule has 0 saturated heterocycles. The molecule has 4 aliphatic carbocycles. The van der Waals surface area contributed by atoms with E-state index in [9.17, 15) is 13.5 Å². The summed E-state index contributed by atoms with van der Waals surface area (Å²) in [6.07, 6.45) is 30.1. The van der Waals surface area contributed by atoms with E-state index >= 15 is 0 Å². The molecule has 2 atom stereocenters. The minimum Gasteiger partial charge on any atom is -0.391 e. The van der Waals surface area contributed by atoms with Crippen molar-refractivity contribution in [1.29, 1.82) is 0 Å². The summed E-state index contributed by atoms with van der Waals surface area (Å²) in [5.74, 6) is 1.46. The van der Waals surface area contributed by atoms with Crippen molar-refractivity contribution in [2.75, 3.05) is 0 Å². The molecule has 20 radical (unpaired) electrons. The van der Waals surface area contributed by atoms with Gasteiger partial charge in [-0.25, -0.2) is 13.1 Å². The second-order valence-electron chi connectivity index (χ2n) is 7.44. The standard InChI is InChI=1S/C18H15I2NO3S.2C5H5.2Fe/c19-15-10-4-8-13(15)17(18(22)14-9-5-11-16(14)20)21-25(23,24)12-6-2-1-3-7-12;2*1-2-4-5-3-1;;/h1-11,17-18,21-22H;2*1-5H;;/q;;;2*+2/t17-,18+;;;;/m1..../s1. The summed E-state index contributed by atoms with van der Waals surface area (Å²) in [7, 11) is -3.77. The summed E-state index contributed by atoms with van der Waals surface area (Å²) in [5, 5.41) is 10.9. The van der Waals surface area contributed by atoms with Crippen molar-refractivity contribution in [3.8, 4) is 0 Å². The largest absolute Gasteiger partial charge is 2.00 e. The summed E-state index contributed by atoms with van der Waals surface area (Å²) >= 11 is 4.29. The maximum Gasteiger partial charge on any atom is 2.00 e. The Morgan fingerprint density at radius 1 is 0.622 bits per heavy atom. The number of aliphatic hydroxyl groups is 1. The van der Waals surface area contributed by atoms with Crippen LogP contribution in [-0.4, -0.2) is 25.7 Å². The molecular formula is C28H25Fe2I2NO3S+4. The number of halogens is 2. The number of benzene rings is 1. The molecule has 5 rings (SSSR count). The molecule has 2 N–H and O–H groups in total. The van der Waals surface area contributed by atoms with Crippen LogP contribution in [0.4, 0.5) is 0 Å². The van der Waals surface area contributed by atoms with Crippen molar-refractivity contribution in [3.63, 3.8) is 0 Å². The van der Waals surface area contributed by atoms with Crippen LogP contribution in [0.1, 0.15) is 0 Å². The number of rotatable bonds is 6. The van der Waals surface area contributed by atoms with E-state index < -0.39 is 22.2 Å². The first-order valence-corrected chi connectivity index (χ1v) is 14.4. The second kappa shape index (κ2) is 19.7. The van der Waals surface area contributed by atoms with Gasteiger partial charge in [-0.05, 0) is 115 Å². The molecule has 0 amide bonds. The summed E-state index contributed by atoms with van der Waals surface area (Å²) < 4.78 is 30.0. The third-order valence-corrected chi connectivity index (χ3v) is 8.43. The molecule has 0 aromatic heterocycles. The van der Waals surface area contributed by atoms with Gasteiger partial charge in [0.25, 0.3) is 0 Å². The maximum atomic E-state index is 12.8. The van der Waals surface area contributed by atoms with Gasteiger partial charge >= 0.3 is 34.1 Å².